The van der Waals surface area contributed by atoms with E-state index in [1.807, 2.05) is 77.1 Å². The Morgan fingerprint density at radius 1 is 1.03 bits per heavy atom. The number of hydrogen-bond acceptors (Lipinski definition) is 6. The molecule has 0 radical (unpaired) electrons. The van der Waals surface area contributed by atoms with Gasteiger partial charge in [0.25, 0.3) is 0 Å². The Kier molecular flexibility index (Phi) is 12.6. The number of nitrogens with zero attached hydrogens (tertiary/aromatic N) is 2. The third-order valence-corrected chi connectivity index (χ3v) is 6.86. The summed E-state index contributed by atoms with van der Waals surface area (Å²) in [6.45, 7) is 11.8. The quantitative estimate of drug-likeness (QED) is 0.330. The molecule has 8 heteroatoms. The van der Waals surface area contributed by atoms with E-state index in [-0.39, 0.29) is 18.9 Å². The number of rotatable bonds is 7. The Morgan fingerprint density at radius 3 is 2.24 bits per heavy atom. The average molecular weight is 526 g/mol. The summed E-state index contributed by atoms with van der Waals surface area (Å²) in [5.41, 5.74) is 4.43. The van der Waals surface area contributed by atoms with Crippen LogP contribution in [-0.4, -0.2) is 34.6 Å². The van der Waals surface area contributed by atoms with Gasteiger partial charge in [0.15, 0.2) is 0 Å². The summed E-state index contributed by atoms with van der Waals surface area (Å²) in [7, 11) is 0. The molecule has 7 nitrogen and oxygen atoms in total. The first kappa shape index (κ1) is 29.8. The smallest absolute Gasteiger partial charge is 0.412 e. The maximum Gasteiger partial charge on any atom is 0.412 e. The molecule has 1 fully saturated rings. The molecule has 0 aliphatic carbocycles. The summed E-state index contributed by atoms with van der Waals surface area (Å²) < 4.78 is 9.78. The Bertz CT molecular complexity index is 1090. The second-order valence-corrected chi connectivity index (χ2v) is 9.01. The van der Waals surface area contributed by atoms with Crippen LogP contribution in [0.15, 0.2) is 54.6 Å². The number of piperidine rings is 1. The zero-order valence-electron chi connectivity index (χ0n) is 22.5. The molecule has 2 N–H and O–H groups in total. The number of benzene rings is 2. The van der Waals surface area contributed by atoms with Gasteiger partial charge in [0, 0.05) is 25.2 Å². The predicted octanol–water partition coefficient (Wildman–Crippen LogP) is 7.61. The number of carbonyl (C=O) groups is 2. The van der Waals surface area contributed by atoms with Crippen LogP contribution in [0.4, 0.5) is 16.2 Å². The van der Waals surface area contributed by atoms with Crippen LogP contribution < -0.4 is 10.2 Å². The first-order chi connectivity index (χ1) is 18.0. The highest BCUT2D eigenvalue weighted by atomic mass is 32.1. The summed E-state index contributed by atoms with van der Waals surface area (Å²) in [5.74, 6) is -0.459. The molecule has 1 aliphatic heterocycles. The van der Waals surface area contributed by atoms with Crippen LogP contribution in [-0.2, 0) is 16.1 Å². The van der Waals surface area contributed by atoms with Crippen molar-refractivity contribution in [3.8, 4) is 10.4 Å². The molecule has 0 spiro atoms. The first-order valence-electron chi connectivity index (χ1n) is 13.0. The average Bonchev–Trinajstić information content (AvgIpc) is 3.30. The van der Waals surface area contributed by atoms with E-state index in [1.54, 1.807) is 0 Å². The normalized spacial score (nSPS) is 12.9. The highest BCUT2D eigenvalue weighted by Gasteiger charge is 2.22. The second kappa shape index (κ2) is 15.7. The van der Waals surface area contributed by atoms with Crippen LogP contribution in [0.1, 0.15) is 58.2 Å². The van der Waals surface area contributed by atoms with Gasteiger partial charge in [-0.2, -0.15) is 4.37 Å². The molecule has 1 aromatic heterocycles. The van der Waals surface area contributed by atoms with Crippen LogP contribution in [0.2, 0.25) is 0 Å². The van der Waals surface area contributed by atoms with Gasteiger partial charge in [0.2, 0.25) is 0 Å². The number of hydrogen-bond donors (Lipinski definition) is 2. The molecule has 0 bridgehead atoms. The number of anilines is 2. The highest BCUT2D eigenvalue weighted by Crippen LogP contribution is 2.36. The van der Waals surface area contributed by atoms with E-state index in [0.717, 1.165) is 53.3 Å². The van der Waals surface area contributed by atoms with Crippen molar-refractivity contribution in [2.45, 2.75) is 60.5 Å². The molecule has 2 heterocycles. The van der Waals surface area contributed by atoms with Gasteiger partial charge in [-0.1, -0.05) is 70.2 Å². The summed E-state index contributed by atoms with van der Waals surface area (Å²) >= 11 is 1.34. The molecule has 0 atom stereocenters. The van der Waals surface area contributed by atoms with E-state index in [4.69, 9.17) is 9.84 Å². The van der Waals surface area contributed by atoms with Crippen LogP contribution in [0.3, 0.4) is 0 Å². The Morgan fingerprint density at radius 2 is 1.65 bits per heavy atom. The molecule has 3 aromatic rings. The minimum atomic E-state index is -0.717. The van der Waals surface area contributed by atoms with Gasteiger partial charge in [-0.15, -0.1) is 0 Å². The number of aromatic nitrogens is 1. The van der Waals surface area contributed by atoms with Crippen molar-refractivity contribution in [3.63, 3.8) is 0 Å². The summed E-state index contributed by atoms with van der Waals surface area (Å²) in [6.07, 6.45) is 1.52. The van der Waals surface area contributed by atoms with Gasteiger partial charge < -0.3 is 14.7 Å². The zero-order chi connectivity index (χ0) is 27.2. The van der Waals surface area contributed by atoms with E-state index in [0.29, 0.717) is 5.69 Å². The number of carbonyl (C=O) groups excluding carboxylic acids is 1. The van der Waals surface area contributed by atoms with Gasteiger partial charge in [-0.3, -0.25) is 10.1 Å². The van der Waals surface area contributed by atoms with Crippen molar-refractivity contribution in [3.05, 3.63) is 65.9 Å². The van der Waals surface area contributed by atoms with E-state index >= 15 is 0 Å². The predicted molar refractivity (Wildman–Crippen MR) is 152 cm³/mol. The fourth-order valence-corrected chi connectivity index (χ4v) is 4.89. The van der Waals surface area contributed by atoms with E-state index in [1.165, 1.54) is 11.5 Å². The maximum absolute atomic E-state index is 12.4. The van der Waals surface area contributed by atoms with Crippen molar-refractivity contribution < 1.29 is 19.4 Å². The second-order valence-electron chi connectivity index (χ2n) is 8.23. The third kappa shape index (κ3) is 8.89. The summed E-state index contributed by atoms with van der Waals surface area (Å²) in [4.78, 5) is 26.5. The van der Waals surface area contributed by atoms with Gasteiger partial charge in [0.1, 0.15) is 6.61 Å². The van der Waals surface area contributed by atoms with Gasteiger partial charge in [0.05, 0.1) is 16.3 Å². The maximum atomic E-state index is 12.4. The molecular weight excluding hydrogens is 486 g/mol. The van der Waals surface area contributed by atoms with Crippen molar-refractivity contribution in [2.75, 3.05) is 23.3 Å². The number of ether oxygens (including phenoxy) is 1. The van der Waals surface area contributed by atoms with Gasteiger partial charge >= 0.3 is 12.1 Å². The number of amides is 1. The molecule has 1 amide bonds. The van der Waals surface area contributed by atoms with E-state index in [2.05, 4.69) is 26.7 Å². The Labute approximate surface area is 224 Å². The monoisotopic (exact) mass is 525 g/mol. The SMILES string of the molecule is CC.CC.Cc1nsc(-c2ccc(N3CCC(CC(=O)O)CC3)cc2)c1NC(=O)OCc1ccccc1. The van der Waals surface area contributed by atoms with Crippen LogP contribution >= 0.6 is 11.5 Å². The Balaban J connectivity index is 0.00000115. The fraction of sp³-hybridized carbons (Fsp3) is 0.414. The number of aliphatic carboxylic acids is 1. The summed E-state index contributed by atoms with van der Waals surface area (Å²) in [5, 5.41) is 11.9. The van der Waals surface area contributed by atoms with E-state index < -0.39 is 12.1 Å². The number of nitrogens with one attached hydrogen (secondary N) is 1. The lowest BCUT2D eigenvalue weighted by molar-refractivity contribution is -0.138. The Hall–Kier alpha value is -3.39. The summed E-state index contributed by atoms with van der Waals surface area (Å²) in [6, 6.07) is 17.8. The number of carboxylic acids is 1. The molecule has 1 saturated heterocycles. The zero-order valence-corrected chi connectivity index (χ0v) is 23.3. The minimum absolute atomic E-state index is 0.205. The minimum Gasteiger partial charge on any atom is -0.481 e. The molecule has 4 rings (SSSR count). The lowest BCUT2D eigenvalue weighted by atomic mass is 9.93. The fourth-order valence-electron chi connectivity index (χ4n) is 4.04. The molecule has 200 valence electrons. The first-order valence-corrected chi connectivity index (χ1v) is 13.8. The molecule has 0 saturated carbocycles. The number of aryl methyl sites for hydroxylation is 1. The van der Waals surface area contributed by atoms with Gasteiger partial charge in [-0.25, -0.2) is 4.79 Å². The standard InChI is InChI=1S/C25H27N3O4S.2C2H6/c1-17-23(26-25(31)32-16-19-5-3-2-4-6-19)24(33-27-17)20-7-9-21(10-8-20)28-13-11-18(12-14-28)15-22(29)30;2*1-2/h2-10,18H,11-16H2,1H3,(H,26,31)(H,29,30);2*1-2H3. The highest BCUT2D eigenvalue weighted by molar-refractivity contribution is 7.10. The molecule has 0 unspecified atom stereocenters. The topological polar surface area (TPSA) is 91.8 Å². The third-order valence-electron chi connectivity index (χ3n) is 5.88. The molecular formula is C29H39N3O4S. The van der Waals surface area contributed by atoms with E-state index in [9.17, 15) is 9.59 Å². The van der Waals surface area contributed by atoms with Crippen molar-refractivity contribution in [1.82, 2.24) is 4.37 Å². The number of carboxylic acid groups (broad SMARTS) is 1. The van der Waals surface area contributed by atoms with Crippen molar-refractivity contribution in [1.29, 1.82) is 0 Å². The lowest BCUT2D eigenvalue weighted by Crippen LogP contribution is -2.34. The van der Waals surface area contributed by atoms with Crippen molar-refractivity contribution >= 4 is 35.0 Å². The van der Waals surface area contributed by atoms with Crippen LogP contribution in [0, 0.1) is 12.8 Å². The van der Waals surface area contributed by atoms with Crippen LogP contribution in [0.25, 0.3) is 10.4 Å². The molecule has 1 aliphatic rings. The van der Waals surface area contributed by atoms with Crippen LogP contribution in [0.5, 0.6) is 0 Å². The largest absolute Gasteiger partial charge is 0.481 e. The molecule has 2 aromatic carbocycles. The van der Waals surface area contributed by atoms with Gasteiger partial charge in [-0.05, 0) is 60.5 Å². The lowest BCUT2D eigenvalue weighted by Gasteiger charge is -2.33. The van der Waals surface area contributed by atoms with Crippen molar-refractivity contribution in [2.24, 2.45) is 5.92 Å². The molecule has 37 heavy (non-hydrogen) atoms.